The Morgan fingerprint density at radius 1 is 1.21 bits per heavy atom. The molecule has 0 aliphatic carbocycles. The zero-order chi connectivity index (χ0) is 19.8. The molecule has 1 aliphatic rings. The lowest BCUT2D eigenvalue weighted by Crippen LogP contribution is -2.14. The van der Waals surface area contributed by atoms with Crippen LogP contribution in [0.2, 0.25) is 0 Å². The molecular formula is C20H14N2O4S2. The summed E-state index contributed by atoms with van der Waals surface area (Å²) in [5.41, 5.74) is 2.69. The number of methoxy groups -OCH3 is 1. The minimum Gasteiger partial charge on any atom is -0.508 e. The Morgan fingerprint density at radius 2 is 2.00 bits per heavy atom. The fourth-order valence-electron chi connectivity index (χ4n) is 2.97. The number of hydrogen-bond donors (Lipinski definition) is 2. The molecule has 2 aromatic carbocycles. The molecule has 0 spiro atoms. The van der Waals surface area contributed by atoms with Crippen molar-refractivity contribution in [3.63, 3.8) is 0 Å². The first-order valence-corrected chi connectivity index (χ1v) is 9.44. The molecule has 0 unspecified atom stereocenters. The van der Waals surface area contributed by atoms with E-state index in [9.17, 15) is 15.0 Å². The van der Waals surface area contributed by atoms with Crippen LogP contribution >= 0.6 is 23.6 Å². The van der Waals surface area contributed by atoms with Crippen LogP contribution in [0.25, 0.3) is 17.3 Å². The Bertz CT molecular complexity index is 1220. The van der Waals surface area contributed by atoms with Crippen molar-refractivity contribution in [2.45, 2.75) is 0 Å². The van der Waals surface area contributed by atoms with E-state index in [0.29, 0.717) is 25.8 Å². The molecule has 0 atom stereocenters. The van der Waals surface area contributed by atoms with Gasteiger partial charge in [-0.1, -0.05) is 24.3 Å². The van der Waals surface area contributed by atoms with Gasteiger partial charge in [-0.3, -0.25) is 4.57 Å². The lowest BCUT2D eigenvalue weighted by atomic mass is 10.0. The molecule has 0 fully saturated rings. The second kappa shape index (κ2) is 7.06. The Morgan fingerprint density at radius 3 is 2.75 bits per heavy atom. The van der Waals surface area contributed by atoms with E-state index in [1.165, 1.54) is 35.1 Å². The summed E-state index contributed by atoms with van der Waals surface area (Å²) < 4.78 is 6.71. The predicted octanol–water partition coefficient (Wildman–Crippen LogP) is 4.48. The van der Waals surface area contributed by atoms with E-state index < -0.39 is 5.97 Å². The highest BCUT2D eigenvalue weighted by Crippen LogP contribution is 2.39. The van der Waals surface area contributed by atoms with E-state index in [2.05, 4.69) is 4.99 Å². The summed E-state index contributed by atoms with van der Waals surface area (Å²) in [4.78, 5) is 17.0. The van der Waals surface area contributed by atoms with E-state index >= 15 is 0 Å². The van der Waals surface area contributed by atoms with Gasteiger partial charge in [0.05, 0.1) is 23.4 Å². The molecule has 0 saturated carbocycles. The molecule has 0 bridgehead atoms. The molecule has 8 heteroatoms. The maximum Gasteiger partial charge on any atom is 0.357 e. The molecule has 2 N–H and O–H groups in total. The number of esters is 1. The third kappa shape index (κ3) is 3.02. The van der Waals surface area contributed by atoms with Gasteiger partial charge in [-0.25, -0.2) is 9.79 Å². The van der Waals surface area contributed by atoms with Crippen LogP contribution in [0.3, 0.4) is 0 Å². The van der Waals surface area contributed by atoms with E-state index in [0.717, 1.165) is 5.56 Å². The third-order valence-electron chi connectivity index (χ3n) is 4.24. The van der Waals surface area contributed by atoms with Crippen LogP contribution in [0.1, 0.15) is 10.4 Å². The fraction of sp³-hybridized carbons (Fsp3) is 0.0500. The topological polar surface area (TPSA) is 84.0 Å². The number of benzene rings is 2. The summed E-state index contributed by atoms with van der Waals surface area (Å²) in [6.45, 7) is 0. The average molecular weight is 410 g/mol. The number of phenols is 1. The lowest BCUT2D eigenvalue weighted by molar-refractivity contribution is -0.132. The van der Waals surface area contributed by atoms with Gasteiger partial charge in [-0.05, 0) is 36.5 Å². The monoisotopic (exact) mass is 410 g/mol. The van der Waals surface area contributed by atoms with Crippen molar-refractivity contribution < 1.29 is 19.7 Å². The normalized spacial score (nSPS) is 14.0. The van der Waals surface area contributed by atoms with Crippen LogP contribution in [0, 0.1) is 3.95 Å². The highest BCUT2D eigenvalue weighted by Gasteiger charge is 2.27. The molecular weight excluding hydrogens is 396 g/mol. The number of rotatable bonds is 3. The summed E-state index contributed by atoms with van der Waals surface area (Å²) in [6, 6.07) is 13.8. The highest BCUT2D eigenvalue weighted by molar-refractivity contribution is 7.73. The number of aromatic hydroxyl groups is 2. The number of fused-ring (bicyclic) bond motifs is 1. The molecule has 6 nitrogen and oxygen atoms in total. The highest BCUT2D eigenvalue weighted by atomic mass is 32.1. The molecule has 3 aromatic rings. The van der Waals surface area contributed by atoms with Gasteiger partial charge in [0.15, 0.2) is 9.67 Å². The first-order chi connectivity index (χ1) is 13.5. The Labute approximate surface area is 169 Å². The number of hydrogen-bond acceptors (Lipinski definition) is 7. The summed E-state index contributed by atoms with van der Waals surface area (Å²) in [6.07, 6.45) is 1.68. The van der Waals surface area contributed by atoms with Crippen LogP contribution in [-0.4, -0.2) is 33.6 Å². The number of phenolic OH excluding ortho intramolecular Hbond substituents is 1. The standard InChI is InChI=1S/C20H14N2O4S2/c1-26-19(25)17-14(13-7-2-3-8-15(13)21-17)10-16-18(24)22(20(27)28-16)11-5-4-6-12(23)9-11/h2-10,23-24H,1H3. The number of carbonyl (C=O) groups excluding carboxylic acids is 1. The number of nitrogens with zero attached hydrogens (tertiary/aromatic N) is 2. The summed E-state index contributed by atoms with van der Waals surface area (Å²) >= 11 is 6.58. The summed E-state index contributed by atoms with van der Waals surface area (Å²) in [7, 11) is 1.30. The van der Waals surface area contributed by atoms with Crippen molar-refractivity contribution in [3.05, 3.63) is 62.9 Å². The largest absolute Gasteiger partial charge is 0.508 e. The molecule has 4 rings (SSSR count). The van der Waals surface area contributed by atoms with Crippen LogP contribution in [-0.2, 0) is 9.53 Å². The predicted molar refractivity (Wildman–Crippen MR) is 111 cm³/mol. The van der Waals surface area contributed by atoms with E-state index in [4.69, 9.17) is 17.0 Å². The molecule has 1 aliphatic heterocycles. The van der Waals surface area contributed by atoms with Crippen molar-refractivity contribution in [2.24, 2.45) is 4.99 Å². The van der Waals surface area contributed by atoms with E-state index in [1.807, 2.05) is 18.2 Å². The van der Waals surface area contributed by atoms with Gasteiger partial charge in [0.2, 0.25) is 5.88 Å². The quantitative estimate of drug-likeness (QED) is 0.491. The first kappa shape index (κ1) is 18.1. The molecule has 0 saturated heterocycles. The average Bonchev–Trinajstić information content (AvgIpc) is 3.19. The van der Waals surface area contributed by atoms with Gasteiger partial charge in [0, 0.05) is 17.2 Å². The molecule has 0 radical (unpaired) electrons. The molecule has 1 aromatic heterocycles. The molecule has 0 amide bonds. The SMILES string of the molecule is COC(=O)C1=Nc2ccccc2C1=Cc1sc(=S)n(-c2cccc(O)c2)c1O. The van der Waals surface area contributed by atoms with Crippen molar-refractivity contribution >= 4 is 52.6 Å². The van der Waals surface area contributed by atoms with Crippen LogP contribution < -0.4 is 0 Å². The zero-order valence-corrected chi connectivity index (χ0v) is 16.3. The fourth-order valence-corrected chi connectivity index (χ4v) is 4.26. The number of para-hydroxylation sites is 1. The van der Waals surface area contributed by atoms with Gasteiger partial charge in [-0.2, -0.15) is 0 Å². The Hall–Kier alpha value is -3.23. The summed E-state index contributed by atoms with van der Waals surface area (Å²) in [5, 5.41) is 20.5. The minimum atomic E-state index is -0.557. The van der Waals surface area contributed by atoms with Gasteiger partial charge >= 0.3 is 5.97 Å². The number of aliphatic imine (C=N–C) groups is 1. The maximum atomic E-state index is 12.2. The zero-order valence-electron chi connectivity index (χ0n) is 14.6. The van der Waals surface area contributed by atoms with Crippen LogP contribution in [0.4, 0.5) is 5.69 Å². The number of aromatic nitrogens is 1. The van der Waals surface area contributed by atoms with Crippen molar-refractivity contribution in [1.29, 1.82) is 0 Å². The maximum absolute atomic E-state index is 12.2. The van der Waals surface area contributed by atoms with Crippen molar-refractivity contribution in [1.82, 2.24) is 4.57 Å². The van der Waals surface area contributed by atoms with Gasteiger partial charge in [0.25, 0.3) is 0 Å². The smallest absolute Gasteiger partial charge is 0.357 e. The van der Waals surface area contributed by atoms with E-state index in [-0.39, 0.29) is 17.3 Å². The number of carbonyl (C=O) groups is 1. The second-order valence-corrected chi connectivity index (χ2v) is 7.61. The van der Waals surface area contributed by atoms with Crippen LogP contribution in [0.15, 0.2) is 53.5 Å². The summed E-state index contributed by atoms with van der Waals surface area (Å²) in [5.74, 6) is -0.575. The molecule has 140 valence electrons. The second-order valence-electron chi connectivity index (χ2n) is 5.94. The van der Waals surface area contributed by atoms with Gasteiger partial charge in [-0.15, -0.1) is 11.3 Å². The van der Waals surface area contributed by atoms with Crippen molar-refractivity contribution in [2.75, 3.05) is 7.11 Å². The van der Waals surface area contributed by atoms with E-state index in [1.54, 1.807) is 24.3 Å². The Kier molecular flexibility index (Phi) is 4.58. The van der Waals surface area contributed by atoms with Gasteiger partial charge < -0.3 is 14.9 Å². The number of ether oxygens (including phenoxy) is 1. The first-order valence-electron chi connectivity index (χ1n) is 8.22. The molecule has 2 heterocycles. The lowest BCUT2D eigenvalue weighted by Gasteiger charge is -2.06. The third-order valence-corrected chi connectivity index (χ3v) is 5.55. The number of thiazole rings is 1. The molecule has 28 heavy (non-hydrogen) atoms. The van der Waals surface area contributed by atoms with Crippen molar-refractivity contribution in [3.8, 4) is 17.3 Å². The minimum absolute atomic E-state index is 0.0646. The van der Waals surface area contributed by atoms with Crippen LogP contribution in [0.5, 0.6) is 11.6 Å². The Balaban J connectivity index is 1.87. The van der Waals surface area contributed by atoms with Gasteiger partial charge in [0.1, 0.15) is 5.75 Å².